The van der Waals surface area contributed by atoms with Gasteiger partial charge in [-0.1, -0.05) is 17.3 Å². The molecule has 0 spiro atoms. The average Bonchev–Trinajstić information content (AvgIpc) is 3.05. The van der Waals surface area contributed by atoms with Gasteiger partial charge in [-0.3, -0.25) is 4.99 Å². The van der Waals surface area contributed by atoms with Gasteiger partial charge in [-0.15, -0.1) is 0 Å². The molecule has 1 atom stereocenters. The summed E-state index contributed by atoms with van der Waals surface area (Å²) in [7, 11) is 0. The summed E-state index contributed by atoms with van der Waals surface area (Å²) in [4.78, 5) is 8.48. The van der Waals surface area contributed by atoms with Gasteiger partial charge in [-0.2, -0.15) is 4.98 Å². The normalized spacial score (nSPS) is 17.7. The maximum Gasteiger partial charge on any atom is 0.246 e. The zero-order valence-corrected chi connectivity index (χ0v) is 10.9. The molecule has 1 unspecified atom stereocenters. The molecule has 0 aliphatic carbocycles. The Labute approximate surface area is 115 Å². The van der Waals surface area contributed by atoms with Crippen molar-refractivity contribution in [1.82, 2.24) is 20.8 Å². The van der Waals surface area contributed by atoms with Gasteiger partial charge in [0.1, 0.15) is 5.82 Å². The van der Waals surface area contributed by atoms with E-state index in [0.29, 0.717) is 29.9 Å². The maximum absolute atomic E-state index is 13.1. The number of nitrogens with one attached hydrogen (secondary N) is 2. The van der Waals surface area contributed by atoms with Gasteiger partial charge < -0.3 is 15.2 Å². The first-order valence-corrected chi connectivity index (χ1v) is 6.34. The minimum atomic E-state index is -0.328. The van der Waals surface area contributed by atoms with E-state index in [1.165, 1.54) is 12.1 Å². The third-order valence-corrected chi connectivity index (χ3v) is 2.86. The van der Waals surface area contributed by atoms with Crippen LogP contribution in [0.4, 0.5) is 4.39 Å². The SMILES string of the molecule is CC1CN=C(NCc2nc(-c3cccc(F)c3)no2)N1. The number of aliphatic imine (C=N–C) groups is 1. The van der Waals surface area contributed by atoms with Crippen LogP contribution in [-0.2, 0) is 6.54 Å². The third kappa shape index (κ3) is 2.76. The lowest BCUT2D eigenvalue weighted by Gasteiger charge is -2.05. The molecule has 0 bridgehead atoms. The summed E-state index contributed by atoms with van der Waals surface area (Å²) < 4.78 is 18.2. The Morgan fingerprint density at radius 1 is 1.50 bits per heavy atom. The molecule has 2 N–H and O–H groups in total. The highest BCUT2D eigenvalue weighted by molar-refractivity contribution is 5.81. The summed E-state index contributed by atoms with van der Waals surface area (Å²) in [6.45, 7) is 3.18. The summed E-state index contributed by atoms with van der Waals surface area (Å²) in [5.41, 5.74) is 0.588. The number of halogens is 1. The summed E-state index contributed by atoms with van der Waals surface area (Å²) in [5, 5.41) is 10.1. The van der Waals surface area contributed by atoms with Crippen LogP contribution >= 0.6 is 0 Å². The predicted octanol–water partition coefficient (Wildman–Crippen LogP) is 1.31. The van der Waals surface area contributed by atoms with E-state index in [4.69, 9.17) is 4.52 Å². The summed E-state index contributed by atoms with van der Waals surface area (Å²) in [6.07, 6.45) is 0. The Balaban J connectivity index is 1.65. The van der Waals surface area contributed by atoms with E-state index < -0.39 is 0 Å². The molecule has 0 saturated heterocycles. The molecular formula is C13H14FN5O. The van der Waals surface area contributed by atoms with Gasteiger partial charge in [0.25, 0.3) is 0 Å². The van der Waals surface area contributed by atoms with Crippen molar-refractivity contribution in [3.05, 3.63) is 36.0 Å². The molecule has 20 heavy (non-hydrogen) atoms. The zero-order valence-electron chi connectivity index (χ0n) is 10.9. The van der Waals surface area contributed by atoms with Crippen molar-refractivity contribution in [3.8, 4) is 11.4 Å². The molecule has 3 rings (SSSR count). The fourth-order valence-corrected chi connectivity index (χ4v) is 1.89. The molecular weight excluding hydrogens is 261 g/mol. The van der Waals surface area contributed by atoms with Crippen LogP contribution in [0.3, 0.4) is 0 Å². The van der Waals surface area contributed by atoms with Crippen molar-refractivity contribution in [1.29, 1.82) is 0 Å². The fraction of sp³-hybridized carbons (Fsp3) is 0.308. The number of guanidine groups is 1. The van der Waals surface area contributed by atoms with Gasteiger partial charge in [0.2, 0.25) is 11.7 Å². The number of hydrogen-bond acceptors (Lipinski definition) is 6. The second-order valence-electron chi connectivity index (χ2n) is 4.61. The predicted molar refractivity (Wildman–Crippen MR) is 71.4 cm³/mol. The van der Waals surface area contributed by atoms with Gasteiger partial charge in [-0.25, -0.2) is 4.39 Å². The highest BCUT2D eigenvalue weighted by atomic mass is 19.1. The van der Waals surface area contributed by atoms with Crippen LogP contribution in [0, 0.1) is 5.82 Å². The van der Waals surface area contributed by atoms with Crippen LogP contribution in [-0.4, -0.2) is 28.7 Å². The zero-order chi connectivity index (χ0) is 13.9. The first-order chi connectivity index (χ1) is 9.70. The van der Waals surface area contributed by atoms with E-state index in [-0.39, 0.29) is 5.82 Å². The molecule has 1 aromatic heterocycles. The van der Waals surface area contributed by atoms with Crippen molar-refractivity contribution < 1.29 is 8.91 Å². The molecule has 0 amide bonds. The van der Waals surface area contributed by atoms with Crippen LogP contribution < -0.4 is 10.6 Å². The van der Waals surface area contributed by atoms with Gasteiger partial charge in [-0.05, 0) is 19.1 Å². The monoisotopic (exact) mass is 275 g/mol. The highest BCUT2D eigenvalue weighted by Gasteiger charge is 2.14. The number of benzene rings is 1. The van der Waals surface area contributed by atoms with Gasteiger partial charge in [0.05, 0.1) is 13.1 Å². The lowest BCUT2D eigenvalue weighted by atomic mass is 10.2. The van der Waals surface area contributed by atoms with Gasteiger partial charge >= 0.3 is 0 Å². The topological polar surface area (TPSA) is 75.3 Å². The number of nitrogens with zero attached hydrogens (tertiary/aromatic N) is 3. The van der Waals surface area contributed by atoms with E-state index in [9.17, 15) is 4.39 Å². The fourth-order valence-electron chi connectivity index (χ4n) is 1.89. The third-order valence-electron chi connectivity index (χ3n) is 2.86. The molecule has 0 radical (unpaired) electrons. The van der Waals surface area contributed by atoms with E-state index in [1.807, 2.05) is 6.92 Å². The van der Waals surface area contributed by atoms with Crippen molar-refractivity contribution in [3.63, 3.8) is 0 Å². The van der Waals surface area contributed by atoms with E-state index in [0.717, 1.165) is 12.5 Å². The smallest absolute Gasteiger partial charge is 0.246 e. The van der Waals surface area contributed by atoms with Crippen LogP contribution in [0.1, 0.15) is 12.8 Å². The van der Waals surface area contributed by atoms with E-state index >= 15 is 0 Å². The lowest BCUT2D eigenvalue weighted by molar-refractivity contribution is 0.375. The molecule has 6 nitrogen and oxygen atoms in total. The summed E-state index contributed by atoms with van der Waals surface area (Å²) >= 11 is 0. The van der Waals surface area contributed by atoms with Crippen molar-refractivity contribution in [2.24, 2.45) is 4.99 Å². The molecule has 1 aliphatic heterocycles. The summed E-state index contributed by atoms with van der Waals surface area (Å²) in [5.74, 6) is 1.19. The number of rotatable bonds is 3. The molecule has 1 aromatic carbocycles. The Morgan fingerprint density at radius 2 is 2.40 bits per heavy atom. The molecule has 104 valence electrons. The molecule has 7 heteroatoms. The first kappa shape index (κ1) is 12.6. The van der Waals surface area contributed by atoms with E-state index in [2.05, 4.69) is 25.8 Å². The van der Waals surface area contributed by atoms with Gasteiger partial charge in [0, 0.05) is 11.6 Å². The molecule has 1 aliphatic rings. The number of hydrogen-bond donors (Lipinski definition) is 2. The van der Waals surface area contributed by atoms with Crippen molar-refractivity contribution >= 4 is 5.96 Å². The minimum Gasteiger partial charge on any atom is -0.352 e. The van der Waals surface area contributed by atoms with Crippen molar-refractivity contribution in [2.75, 3.05) is 6.54 Å². The largest absolute Gasteiger partial charge is 0.352 e. The quantitative estimate of drug-likeness (QED) is 0.883. The second-order valence-corrected chi connectivity index (χ2v) is 4.61. The van der Waals surface area contributed by atoms with Crippen LogP contribution in [0.2, 0.25) is 0 Å². The maximum atomic E-state index is 13.1. The standard InChI is InChI=1S/C13H14FN5O/c1-8-6-15-13(17-8)16-7-11-18-12(19-20-11)9-3-2-4-10(14)5-9/h2-5,8H,6-7H2,1H3,(H2,15,16,17). The average molecular weight is 275 g/mol. The highest BCUT2D eigenvalue weighted by Crippen LogP contribution is 2.16. The Kier molecular flexibility index (Phi) is 3.32. The van der Waals surface area contributed by atoms with Gasteiger partial charge in [0.15, 0.2) is 5.96 Å². The van der Waals surface area contributed by atoms with Crippen LogP contribution in [0.15, 0.2) is 33.8 Å². The van der Waals surface area contributed by atoms with Crippen LogP contribution in [0.25, 0.3) is 11.4 Å². The van der Waals surface area contributed by atoms with Crippen molar-refractivity contribution in [2.45, 2.75) is 19.5 Å². The molecule has 0 saturated carbocycles. The minimum absolute atomic E-state index is 0.328. The van der Waals surface area contributed by atoms with E-state index in [1.54, 1.807) is 12.1 Å². The Bertz CT molecular complexity index is 639. The first-order valence-electron chi connectivity index (χ1n) is 6.34. The molecule has 2 aromatic rings. The Morgan fingerprint density at radius 3 is 3.15 bits per heavy atom. The summed E-state index contributed by atoms with van der Waals surface area (Å²) in [6, 6.07) is 6.42. The molecule has 0 fully saturated rings. The Hall–Kier alpha value is -2.44. The lowest BCUT2D eigenvalue weighted by Crippen LogP contribution is -2.37. The number of aromatic nitrogens is 2. The molecule has 2 heterocycles. The van der Waals surface area contributed by atoms with Crippen LogP contribution in [0.5, 0.6) is 0 Å². The second kappa shape index (κ2) is 5.28.